The smallest absolute Gasteiger partial charge is 0.170 e. The third-order valence-electron chi connectivity index (χ3n) is 2.63. The Labute approximate surface area is 114 Å². The van der Waals surface area contributed by atoms with Gasteiger partial charge in [-0.2, -0.15) is 0 Å². The topological polar surface area (TPSA) is 67.8 Å². The Morgan fingerprint density at radius 3 is 2.65 bits per heavy atom. The van der Waals surface area contributed by atoms with Gasteiger partial charge < -0.3 is 15.7 Å². The van der Waals surface area contributed by atoms with Gasteiger partial charge in [0.15, 0.2) is 17.5 Å². The number of amidine groups is 1. The summed E-state index contributed by atoms with van der Waals surface area (Å²) in [4.78, 5) is 0. The van der Waals surface area contributed by atoms with Gasteiger partial charge in [-0.05, 0) is 23.8 Å². The Hall–Kier alpha value is -2.63. The van der Waals surface area contributed by atoms with E-state index in [1.165, 1.54) is 6.07 Å². The van der Waals surface area contributed by atoms with Crippen molar-refractivity contribution in [2.75, 3.05) is 0 Å². The molecule has 4 nitrogen and oxygen atoms in total. The maximum atomic E-state index is 13.0. The summed E-state index contributed by atoms with van der Waals surface area (Å²) >= 11 is 0. The minimum absolute atomic E-state index is 0.0142. The molecule has 0 fully saturated rings. The maximum Gasteiger partial charge on any atom is 0.170 e. The van der Waals surface area contributed by atoms with Gasteiger partial charge in [0, 0.05) is 11.6 Å². The number of benzene rings is 2. The molecule has 20 heavy (non-hydrogen) atoms. The average Bonchev–Trinajstić information content (AvgIpc) is 2.48. The molecule has 0 saturated carbocycles. The molecule has 104 valence electrons. The Balaban J connectivity index is 2.09. The van der Waals surface area contributed by atoms with E-state index < -0.39 is 11.6 Å². The van der Waals surface area contributed by atoms with E-state index in [-0.39, 0.29) is 18.2 Å². The molecule has 0 bridgehead atoms. The Kier molecular flexibility index (Phi) is 4.14. The first-order valence-corrected chi connectivity index (χ1v) is 5.75. The van der Waals surface area contributed by atoms with Crippen LogP contribution in [0.2, 0.25) is 0 Å². The summed E-state index contributed by atoms with van der Waals surface area (Å²) in [6.45, 7) is 0.150. The molecule has 0 unspecified atom stereocenters. The highest BCUT2D eigenvalue weighted by molar-refractivity contribution is 5.97. The van der Waals surface area contributed by atoms with Gasteiger partial charge in [0.25, 0.3) is 0 Å². The largest absolute Gasteiger partial charge is 0.489 e. The van der Waals surface area contributed by atoms with Gasteiger partial charge in [-0.1, -0.05) is 23.4 Å². The molecular weight excluding hydrogens is 266 g/mol. The molecule has 2 rings (SSSR count). The number of nitrogens with two attached hydrogens (primary N) is 1. The summed E-state index contributed by atoms with van der Waals surface area (Å²) in [6, 6.07) is 10.2. The van der Waals surface area contributed by atoms with E-state index >= 15 is 0 Å². The van der Waals surface area contributed by atoms with E-state index in [9.17, 15) is 8.78 Å². The third kappa shape index (κ3) is 3.23. The van der Waals surface area contributed by atoms with E-state index in [1.54, 1.807) is 24.3 Å². The Bertz CT molecular complexity index is 645. The fourth-order valence-electron chi connectivity index (χ4n) is 1.61. The standard InChI is InChI=1S/C14H12F2N2O2/c15-12-5-4-11(7-13(12)16)20-8-9-2-1-3-10(6-9)14(17)18-19/h1-7,19H,8H2,(H2,17,18). The number of nitrogens with zero attached hydrogens (tertiary/aromatic N) is 1. The van der Waals surface area contributed by atoms with Crippen molar-refractivity contribution >= 4 is 5.84 Å². The lowest BCUT2D eigenvalue weighted by molar-refractivity contribution is 0.303. The number of ether oxygens (including phenoxy) is 1. The number of rotatable bonds is 4. The minimum Gasteiger partial charge on any atom is -0.489 e. The zero-order chi connectivity index (χ0) is 14.5. The molecule has 6 heteroatoms. The highest BCUT2D eigenvalue weighted by Gasteiger charge is 2.05. The van der Waals surface area contributed by atoms with Crippen LogP contribution in [0.3, 0.4) is 0 Å². The molecular formula is C14H12F2N2O2. The second-order valence-corrected chi connectivity index (χ2v) is 4.05. The molecule has 0 spiro atoms. The summed E-state index contributed by atoms with van der Waals surface area (Å²) in [5.41, 5.74) is 6.76. The van der Waals surface area contributed by atoms with Crippen molar-refractivity contribution in [1.29, 1.82) is 0 Å². The molecule has 0 aliphatic rings. The first kappa shape index (κ1) is 13.8. The zero-order valence-corrected chi connectivity index (χ0v) is 10.4. The van der Waals surface area contributed by atoms with Crippen molar-refractivity contribution in [1.82, 2.24) is 0 Å². The Morgan fingerprint density at radius 2 is 1.95 bits per heavy atom. The summed E-state index contributed by atoms with van der Waals surface area (Å²) in [7, 11) is 0. The second kappa shape index (κ2) is 6.01. The van der Waals surface area contributed by atoms with Crippen LogP contribution in [0.4, 0.5) is 8.78 Å². The summed E-state index contributed by atoms with van der Waals surface area (Å²) < 4.78 is 31.1. The molecule has 3 N–H and O–H groups in total. The minimum atomic E-state index is -0.965. The van der Waals surface area contributed by atoms with Crippen LogP contribution >= 0.6 is 0 Å². The molecule has 0 radical (unpaired) electrons. The first-order chi connectivity index (χ1) is 9.60. The second-order valence-electron chi connectivity index (χ2n) is 4.05. The van der Waals surface area contributed by atoms with Crippen LogP contribution in [0.15, 0.2) is 47.6 Å². The lowest BCUT2D eigenvalue weighted by Crippen LogP contribution is -2.13. The van der Waals surface area contributed by atoms with Crippen molar-refractivity contribution in [3.8, 4) is 5.75 Å². The maximum absolute atomic E-state index is 13.0. The molecule has 0 aliphatic carbocycles. The van der Waals surface area contributed by atoms with Gasteiger partial charge in [-0.15, -0.1) is 0 Å². The monoisotopic (exact) mass is 278 g/mol. The van der Waals surface area contributed by atoms with E-state index in [0.29, 0.717) is 5.56 Å². The molecule has 2 aromatic rings. The quantitative estimate of drug-likeness (QED) is 0.391. The lowest BCUT2D eigenvalue weighted by atomic mass is 10.1. The predicted octanol–water partition coefficient (Wildman–Crippen LogP) is 2.64. The Morgan fingerprint density at radius 1 is 1.15 bits per heavy atom. The van der Waals surface area contributed by atoms with Gasteiger partial charge in [0.2, 0.25) is 0 Å². The van der Waals surface area contributed by atoms with Crippen LogP contribution in [0.5, 0.6) is 5.75 Å². The molecule has 0 saturated heterocycles. The molecule has 0 amide bonds. The molecule has 0 aromatic heterocycles. The molecule has 0 aliphatic heterocycles. The van der Waals surface area contributed by atoms with Crippen molar-refractivity contribution in [3.05, 3.63) is 65.2 Å². The molecule has 0 atom stereocenters. The number of hydrogen-bond acceptors (Lipinski definition) is 3. The van der Waals surface area contributed by atoms with Crippen LogP contribution in [0.25, 0.3) is 0 Å². The molecule has 0 heterocycles. The number of oxime groups is 1. The number of halogens is 2. The zero-order valence-electron chi connectivity index (χ0n) is 10.4. The van der Waals surface area contributed by atoms with Crippen LogP contribution in [0.1, 0.15) is 11.1 Å². The van der Waals surface area contributed by atoms with Gasteiger partial charge in [-0.3, -0.25) is 0 Å². The van der Waals surface area contributed by atoms with Gasteiger partial charge >= 0.3 is 0 Å². The predicted molar refractivity (Wildman–Crippen MR) is 69.6 cm³/mol. The first-order valence-electron chi connectivity index (χ1n) is 5.75. The summed E-state index contributed by atoms with van der Waals surface area (Å²) in [5, 5.41) is 11.5. The fraction of sp³-hybridized carbons (Fsp3) is 0.0714. The van der Waals surface area contributed by atoms with Crippen LogP contribution < -0.4 is 10.5 Å². The van der Waals surface area contributed by atoms with Crippen molar-refractivity contribution in [2.24, 2.45) is 10.9 Å². The van der Waals surface area contributed by atoms with Gasteiger partial charge in [0.1, 0.15) is 12.4 Å². The van der Waals surface area contributed by atoms with Gasteiger partial charge in [0.05, 0.1) is 0 Å². The average molecular weight is 278 g/mol. The van der Waals surface area contributed by atoms with Gasteiger partial charge in [-0.25, -0.2) is 8.78 Å². The van der Waals surface area contributed by atoms with Crippen molar-refractivity contribution in [2.45, 2.75) is 6.61 Å². The number of hydrogen-bond donors (Lipinski definition) is 2. The fourth-order valence-corrected chi connectivity index (χ4v) is 1.61. The highest BCUT2D eigenvalue weighted by Crippen LogP contribution is 2.17. The van der Waals surface area contributed by atoms with Crippen LogP contribution in [0, 0.1) is 11.6 Å². The van der Waals surface area contributed by atoms with E-state index in [4.69, 9.17) is 15.7 Å². The van der Waals surface area contributed by atoms with Crippen molar-refractivity contribution in [3.63, 3.8) is 0 Å². The normalized spacial score (nSPS) is 11.4. The van der Waals surface area contributed by atoms with E-state index in [2.05, 4.69) is 5.16 Å². The highest BCUT2D eigenvalue weighted by atomic mass is 19.2. The SMILES string of the molecule is N/C(=N\O)c1cccc(COc2ccc(F)c(F)c2)c1. The lowest BCUT2D eigenvalue weighted by Gasteiger charge is -2.08. The molecule has 2 aromatic carbocycles. The summed E-state index contributed by atoms with van der Waals surface area (Å²) in [5.74, 6) is -1.68. The van der Waals surface area contributed by atoms with E-state index in [0.717, 1.165) is 17.7 Å². The van der Waals surface area contributed by atoms with Crippen molar-refractivity contribution < 1.29 is 18.7 Å². The summed E-state index contributed by atoms with van der Waals surface area (Å²) in [6.07, 6.45) is 0. The van der Waals surface area contributed by atoms with Crippen LogP contribution in [-0.4, -0.2) is 11.0 Å². The van der Waals surface area contributed by atoms with Crippen LogP contribution in [-0.2, 0) is 6.61 Å². The third-order valence-corrected chi connectivity index (χ3v) is 2.63. The van der Waals surface area contributed by atoms with E-state index in [1.807, 2.05) is 0 Å².